The van der Waals surface area contributed by atoms with Crippen LogP contribution in [0.5, 0.6) is 0 Å². The molecule has 2 aliphatic heterocycles. The standard InChI is InChI=1S/C23H32N6O2/c1-16-11-29(12-17(2)31-16)23-25-10-8-21(26-23)19-14-28(13-18-7-5-6-9-24-18)15-20(19)22(30)27(3)4/h5-10,16-17,19-20H,11-15H2,1-4H3/t16-,17-,19+,20+/m0/s1. The summed E-state index contributed by atoms with van der Waals surface area (Å²) in [5, 5.41) is 0. The van der Waals surface area contributed by atoms with Gasteiger partial charge in [-0.15, -0.1) is 0 Å². The first-order valence-corrected chi connectivity index (χ1v) is 11.0. The number of morpholine rings is 1. The summed E-state index contributed by atoms with van der Waals surface area (Å²) >= 11 is 0. The number of nitrogens with zero attached hydrogens (tertiary/aromatic N) is 6. The number of carbonyl (C=O) groups excluding carboxylic acids is 1. The van der Waals surface area contributed by atoms with E-state index >= 15 is 0 Å². The second-order valence-electron chi connectivity index (χ2n) is 8.90. The van der Waals surface area contributed by atoms with Gasteiger partial charge in [0.2, 0.25) is 11.9 Å². The molecule has 166 valence electrons. The van der Waals surface area contributed by atoms with Crippen LogP contribution in [-0.4, -0.2) is 83.1 Å². The summed E-state index contributed by atoms with van der Waals surface area (Å²) < 4.78 is 5.85. The molecule has 0 N–H and O–H groups in total. The Kier molecular flexibility index (Phi) is 6.48. The predicted molar refractivity (Wildman–Crippen MR) is 119 cm³/mol. The summed E-state index contributed by atoms with van der Waals surface area (Å²) in [6, 6.07) is 7.91. The summed E-state index contributed by atoms with van der Waals surface area (Å²) in [6.07, 6.45) is 3.91. The number of carbonyl (C=O) groups is 1. The van der Waals surface area contributed by atoms with Gasteiger partial charge >= 0.3 is 0 Å². The van der Waals surface area contributed by atoms with Crippen LogP contribution >= 0.6 is 0 Å². The highest BCUT2D eigenvalue weighted by atomic mass is 16.5. The third kappa shape index (κ3) is 5.02. The number of hydrogen-bond acceptors (Lipinski definition) is 7. The van der Waals surface area contributed by atoms with Gasteiger partial charge in [0.15, 0.2) is 0 Å². The Morgan fingerprint density at radius 3 is 2.52 bits per heavy atom. The fourth-order valence-electron chi connectivity index (χ4n) is 4.68. The van der Waals surface area contributed by atoms with E-state index in [2.05, 4.69) is 33.6 Å². The van der Waals surface area contributed by atoms with Gasteiger partial charge in [0.05, 0.1) is 29.5 Å². The molecule has 2 saturated heterocycles. The zero-order valence-electron chi connectivity index (χ0n) is 18.8. The average molecular weight is 425 g/mol. The van der Waals surface area contributed by atoms with Gasteiger partial charge in [0, 0.05) is 65.1 Å². The molecular weight excluding hydrogens is 392 g/mol. The largest absolute Gasteiger partial charge is 0.372 e. The van der Waals surface area contributed by atoms with Crippen LogP contribution in [0.1, 0.15) is 31.2 Å². The Morgan fingerprint density at radius 1 is 1.06 bits per heavy atom. The van der Waals surface area contributed by atoms with Crippen molar-refractivity contribution >= 4 is 11.9 Å². The van der Waals surface area contributed by atoms with Crippen molar-refractivity contribution in [3.63, 3.8) is 0 Å². The molecule has 31 heavy (non-hydrogen) atoms. The maximum atomic E-state index is 13.0. The minimum Gasteiger partial charge on any atom is -0.372 e. The zero-order valence-corrected chi connectivity index (χ0v) is 18.8. The molecule has 4 rings (SSSR count). The van der Waals surface area contributed by atoms with Gasteiger partial charge in [-0.1, -0.05) is 6.07 Å². The molecule has 0 bridgehead atoms. The van der Waals surface area contributed by atoms with Crippen molar-refractivity contribution in [2.45, 2.75) is 38.5 Å². The smallest absolute Gasteiger partial charge is 0.227 e. The number of ether oxygens (including phenoxy) is 1. The van der Waals surface area contributed by atoms with Gasteiger partial charge in [-0.3, -0.25) is 14.7 Å². The minimum absolute atomic E-state index is 0.0243. The molecule has 8 nitrogen and oxygen atoms in total. The van der Waals surface area contributed by atoms with Crippen LogP contribution in [0, 0.1) is 5.92 Å². The molecule has 4 heterocycles. The summed E-state index contributed by atoms with van der Waals surface area (Å²) in [6.45, 7) is 7.88. The number of rotatable bonds is 5. The fraction of sp³-hybridized carbons (Fsp3) is 0.565. The predicted octanol–water partition coefficient (Wildman–Crippen LogP) is 1.79. The average Bonchev–Trinajstić information content (AvgIpc) is 3.17. The van der Waals surface area contributed by atoms with E-state index < -0.39 is 0 Å². The van der Waals surface area contributed by atoms with Crippen molar-refractivity contribution < 1.29 is 9.53 Å². The van der Waals surface area contributed by atoms with Gasteiger partial charge in [0.25, 0.3) is 0 Å². The van der Waals surface area contributed by atoms with Gasteiger partial charge < -0.3 is 14.5 Å². The van der Waals surface area contributed by atoms with E-state index in [-0.39, 0.29) is 30.0 Å². The van der Waals surface area contributed by atoms with Crippen LogP contribution in [0.4, 0.5) is 5.95 Å². The van der Waals surface area contributed by atoms with Crippen LogP contribution in [0.25, 0.3) is 0 Å². The minimum atomic E-state index is -0.135. The van der Waals surface area contributed by atoms with Gasteiger partial charge in [-0.05, 0) is 32.0 Å². The Hall–Kier alpha value is -2.58. The Morgan fingerprint density at radius 2 is 1.84 bits per heavy atom. The molecule has 1 amide bonds. The maximum Gasteiger partial charge on any atom is 0.227 e. The molecule has 0 spiro atoms. The van der Waals surface area contributed by atoms with Gasteiger partial charge in [-0.25, -0.2) is 9.97 Å². The Labute approximate surface area is 184 Å². The topological polar surface area (TPSA) is 74.7 Å². The van der Waals surface area contributed by atoms with Crippen LogP contribution < -0.4 is 4.90 Å². The highest BCUT2D eigenvalue weighted by molar-refractivity contribution is 5.80. The number of likely N-dealkylation sites (tertiary alicyclic amines) is 1. The number of amides is 1. The molecule has 0 unspecified atom stereocenters. The molecule has 2 aromatic rings. The first kappa shape index (κ1) is 21.6. The molecule has 4 atom stereocenters. The van der Waals surface area contributed by atoms with Crippen LogP contribution in [0.3, 0.4) is 0 Å². The Bertz CT molecular complexity index is 883. The number of pyridine rings is 1. The quantitative estimate of drug-likeness (QED) is 0.724. The maximum absolute atomic E-state index is 13.0. The SMILES string of the molecule is C[C@H]1CN(c2nccc([C@@H]3CN(Cc4ccccn4)C[C@H]3C(=O)N(C)C)n2)C[C@H](C)O1. The first-order valence-electron chi connectivity index (χ1n) is 11.0. The van der Waals surface area contributed by atoms with Crippen molar-refractivity contribution in [2.24, 2.45) is 5.92 Å². The second-order valence-corrected chi connectivity index (χ2v) is 8.90. The van der Waals surface area contributed by atoms with Gasteiger partial charge in [0.1, 0.15) is 0 Å². The van der Waals surface area contributed by atoms with Crippen molar-refractivity contribution in [1.29, 1.82) is 0 Å². The second kappa shape index (κ2) is 9.28. The third-order valence-corrected chi connectivity index (χ3v) is 6.01. The molecule has 2 aliphatic rings. The molecule has 0 saturated carbocycles. The number of aromatic nitrogens is 3. The van der Waals surface area contributed by atoms with Crippen molar-refractivity contribution in [3.8, 4) is 0 Å². The molecule has 8 heteroatoms. The first-order chi connectivity index (χ1) is 14.9. The van der Waals surface area contributed by atoms with E-state index in [4.69, 9.17) is 9.72 Å². The third-order valence-electron chi connectivity index (χ3n) is 6.01. The van der Waals surface area contributed by atoms with E-state index in [9.17, 15) is 4.79 Å². The van der Waals surface area contributed by atoms with E-state index in [1.807, 2.05) is 50.8 Å². The summed E-state index contributed by atoms with van der Waals surface area (Å²) in [5.41, 5.74) is 1.94. The van der Waals surface area contributed by atoms with Crippen LogP contribution in [0.2, 0.25) is 0 Å². The number of hydrogen-bond donors (Lipinski definition) is 0. The van der Waals surface area contributed by atoms with E-state index in [0.29, 0.717) is 6.54 Å². The molecular formula is C23H32N6O2. The summed E-state index contributed by atoms with van der Waals surface area (Å²) in [5.74, 6) is 0.751. The lowest BCUT2D eigenvalue weighted by atomic mass is 9.91. The highest BCUT2D eigenvalue weighted by Crippen LogP contribution is 2.34. The molecule has 2 aromatic heterocycles. The lowest BCUT2D eigenvalue weighted by Crippen LogP contribution is -2.46. The van der Waals surface area contributed by atoms with E-state index in [1.165, 1.54) is 0 Å². The summed E-state index contributed by atoms with van der Waals surface area (Å²) in [4.78, 5) is 33.1. The molecule has 2 fully saturated rings. The lowest BCUT2D eigenvalue weighted by Gasteiger charge is -2.35. The Balaban J connectivity index is 1.57. The van der Waals surface area contributed by atoms with Crippen molar-refractivity contribution in [1.82, 2.24) is 24.8 Å². The molecule has 0 radical (unpaired) electrons. The van der Waals surface area contributed by atoms with E-state index in [1.54, 1.807) is 4.90 Å². The molecule has 0 aromatic carbocycles. The lowest BCUT2D eigenvalue weighted by molar-refractivity contribution is -0.133. The monoisotopic (exact) mass is 424 g/mol. The zero-order chi connectivity index (χ0) is 22.0. The van der Waals surface area contributed by atoms with E-state index in [0.717, 1.165) is 43.5 Å². The fourth-order valence-corrected chi connectivity index (χ4v) is 4.68. The van der Waals surface area contributed by atoms with Crippen LogP contribution in [0.15, 0.2) is 36.7 Å². The number of anilines is 1. The summed E-state index contributed by atoms with van der Waals surface area (Å²) in [7, 11) is 3.64. The van der Waals surface area contributed by atoms with Gasteiger partial charge in [-0.2, -0.15) is 0 Å². The molecule has 0 aliphatic carbocycles. The van der Waals surface area contributed by atoms with Crippen molar-refractivity contribution in [3.05, 3.63) is 48.0 Å². The normalized spacial score (nSPS) is 26.8. The van der Waals surface area contributed by atoms with Crippen LogP contribution in [-0.2, 0) is 16.1 Å². The van der Waals surface area contributed by atoms with Crippen molar-refractivity contribution in [2.75, 3.05) is 45.2 Å². The highest BCUT2D eigenvalue weighted by Gasteiger charge is 2.40.